The van der Waals surface area contributed by atoms with Crippen LogP contribution < -0.4 is 0 Å². The number of hydrogen-bond acceptors (Lipinski definition) is 2. The number of ether oxygens (including phenoxy) is 1. The van der Waals surface area contributed by atoms with Gasteiger partial charge in [0, 0.05) is 0 Å². The van der Waals surface area contributed by atoms with Gasteiger partial charge in [-0.15, -0.1) is 6.58 Å². The zero-order valence-corrected chi connectivity index (χ0v) is 9.09. The zero-order chi connectivity index (χ0) is 10.5. The van der Waals surface area contributed by atoms with Crippen LogP contribution in [0.1, 0.15) is 33.6 Å². The minimum absolute atomic E-state index is 0.137. The van der Waals surface area contributed by atoms with E-state index in [0.29, 0.717) is 12.3 Å². The largest absolute Gasteiger partial charge is 0.469 e. The van der Waals surface area contributed by atoms with Gasteiger partial charge in [-0.25, -0.2) is 0 Å². The van der Waals surface area contributed by atoms with E-state index in [1.54, 1.807) is 6.08 Å². The second-order valence-electron chi connectivity index (χ2n) is 3.71. The Labute approximate surface area is 81.0 Å². The average molecular weight is 184 g/mol. The number of hydrogen-bond donors (Lipinski definition) is 0. The van der Waals surface area contributed by atoms with Crippen molar-refractivity contribution in [3.8, 4) is 0 Å². The molecule has 0 spiro atoms. The zero-order valence-electron chi connectivity index (χ0n) is 9.09. The van der Waals surface area contributed by atoms with Crippen LogP contribution in [-0.4, -0.2) is 13.1 Å². The number of carbonyl (C=O) groups excluding carboxylic acids is 1. The molecule has 0 radical (unpaired) electrons. The number of carbonyl (C=O) groups is 1. The Kier molecular flexibility index (Phi) is 4.74. The van der Waals surface area contributed by atoms with Crippen LogP contribution in [0.25, 0.3) is 0 Å². The third kappa shape index (κ3) is 2.58. The third-order valence-electron chi connectivity index (χ3n) is 2.92. The summed E-state index contributed by atoms with van der Waals surface area (Å²) in [6.07, 6.45) is 3.43. The van der Waals surface area contributed by atoms with E-state index in [4.69, 9.17) is 4.74 Å². The normalized spacial score (nSPS) is 17.2. The molecule has 1 unspecified atom stereocenters. The van der Waals surface area contributed by atoms with E-state index in [2.05, 4.69) is 20.4 Å². The maximum atomic E-state index is 11.6. The lowest BCUT2D eigenvalue weighted by molar-refractivity contribution is -0.154. The molecular weight excluding hydrogens is 164 g/mol. The second kappa shape index (κ2) is 5.05. The van der Waals surface area contributed by atoms with Crippen molar-refractivity contribution in [3.63, 3.8) is 0 Å². The molecule has 2 nitrogen and oxygen atoms in total. The highest BCUT2D eigenvalue weighted by Crippen LogP contribution is 2.34. The van der Waals surface area contributed by atoms with Gasteiger partial charge in [-0.2, -0.15) is 0 Å². The summed E-state index contributed by atoms with van der Waals surface area (Å²) in [4.78, 5) is 11.6. The fourth-order valence-corrected chi connectivity index (χ4v) is 1.47. The summed E-state index contributed by atoms with van der Waals surface area (Å²) in [5.41, 5.74) is -0.411. The third-order valence-corrected chi connectivity index (χ3v) is 2.92. The summed E-state index contributed by atoms with van der Waals surface area (Å²) in [5, 5.41) is 0. The minimum atomic E-state index is -0.411. The molecule has 76 valence electrons. The summed E-state index contributed by atoms with van der Waals surface area (Å²) in [5.74, 6) is 0.180. The van der Waals surface area contributed by atoms with Crippen LogP contribution in [-0.2, 0) is 9.53 Å². The standard InChI is InChI=1S/C11H20O2/c1-6-8-11(4,9(3)7-2)10(12)13-5/h6,9H,1,7-8H2,2-5H3/t9?,11-/m1/s1. The van der Waals surface area contributed by atoms with Crippen LogP contribution in [0.15, 0.2) is 12.7 Å². The lowest BCUT2D eigenvalue weighted by Gasteiger charge is -2.31. The van der Waals surface area contributed by atoms with Crippen LogP contribution in [0.4, 0.5) is 0 Å². The summed E-state index contributed by atoms with van der Waals surface area (Å²) >= 11 is 0. The summed E-state index contributed by atoms with van der Waals surface area (Å²) in [6, 6.07) is 0. The first kappa shape index (κ1) is 12.2. The molecule has 2 atom stereocenters. The molecule has 0 aliphatic rings. The summed E-state index contributed by atoms with van der Waals surface area (Å²) < 4.78 is 4.80. The molecule has 0 aromatic rings. The number of allylic oxidation sites excluding steroid dienone is 1. The minimum Gasteiger partial charge on any atom is -0.469 e. The van der Waals surface area contributed by atoms with Gasteiger partial charge in [0.2, 0.25) is 0 Å². The SMILES string of the molecule is C=CC[C@@](C)(C(=O)OC)C(C)CC. The Morgan fingerprint density at radius 1 is 1.69 bits per heavy atom. The van der Waals surface area contributed by atoms with Gasteiger partial charge < -0.3 is 4.74 Å². The Balaban J connectivity index is 4.69. The highest BCUT2D eigenvalue weighted by Gasteiger charge is 2.37. The number of methoxy groups -OCH3 is 1. The maximum absolute atomic E-state index is 11.6. The molecule has 0 N–H and O–H groups in total. The molecule has 13 heavy (non-hydrogen) atoms. The molecule has 0 amide bonds. The molecule has 0 aliphatic heterocycles. The van der Waals surface area contributed by atoms with Crippen LogP contribution >= 0.6 is 0 Å². The first-order valence-electron chi connectivity index (χ1n) is 4.72. The summed E-state index contributed by atoms with van der Waals surface area (Å²) in [7, 11) is 1.44. The van der Waals surface area contributed by atoms with Crippen LogP contribution in [0, 0.1) is 11.3 Å². The molecule has 0 aromatic heterocycles. The first-order valence-corrected chi connectivity index (χ1v) is 4.72. The monoisotopic (exact) mass is 184 g/mol. The van der Waals surface area contributed by atoms with Crippen LogP contribution in [0.3, 0.4) is 0 Å². The van der Waals surface area contributed by atoms with E-state index in [9.17, 15) is 4.79 Å². The van der Waals surface area contributed by atoms with Crippen molar-refractivity contribution < 1.29 is 9.53 Å². The van der Waals surface area contributed by atoms with Gasteiger partial charge in [0.15, 0.2) is 0 Å². The Morgan fingerprint density at radius 3 is 2.54 bits per heavy atom. The molecule has 0 saturated heterocycles. The molecular formula is C11H20O2. The number of esters is 1. The van der Waals surface area contributed by atoms with E-state index < -0.39 is 5.41 Å². The molecule has 0 aromatic carbocycles. The lowest BCUT2D eigenvalue weighted by Crippen LogP contribution is -2.34. The van der Waals surface area contributed by atoms with Gasteiger partial charge in [-0.1, -0.05) is 26.3 Å². The molecule has 0 fully saturated rings. The molecule has 0 heterocycles. The fourth-order valence-electron chi connectivity index (χ4n) is 1.47. The van der Waals surface area contributed by atoms with Gasteiger partial charge in [0.1, 0.15) is 0 Å². The van der Waals surface area contributed by atoms with Gasteiger partial charge >= 0.3 is 5.97 Å². The molecule has 0 bridgehead atoms. The predicted molar refractivity (Wildman–Crippen MR) is 54.4 cm³/mol. The maximum Gasteiger partial charge on any atom is 0.312 e. The smallest absolute Gasteiger partial charge is 0.312 e. The van der Waals surface area contributed by atoms with Crippen molar-refractivity contribution in [2.45, 2.75) is 33.6 Å². The van der Waals surface area contributed by atoms with E-state index in [1.165, 1.54) is 7.11 Å². The predicted octanol–water partition coefficient (Wildman–Crippen LogP) is 2.79. The quantitative estimate of drug-likeness (QED) is 0.485. The van der Waals surface area contributed by atoms with E-state index in [0.717, 1.165) is 6.42 Å². The van der Waals surface area contributed by atoms with Gasteiger partial charge in [-0.3, -0.25) is 4.79 Å². The van der Waals surface area contributed by atoms with E-state index in [-0.39, 0.29) is 5.97 Å². The van der Waals surface area contributed by atoms with E-state index in [1.807, 2.05) is 6.92 Å². The van der Waals surface area contributed by atoms with Gasteiger partial charge in [0.25, 0.3) is 0 Å². The highest BCUT2D eigenvalue weighted by molar-refractivity contribution is 5.76. The van der Waals surface area contributed by atoms with Gasteiger partial charge in [-0.05, 0) is 19.3 Å². The highest BCUT2D eigenvalue weighted by atomic mass is 16.5. The average Bonchev–Trinajstić information content (AvgIpc) is 2.15. The van der Waals surface area contributed by atoms with Crippen molar-refractivity contribution in [2.75, 3.05) is 7.11 Å². The second-order valence-corrected chi connectivity index (χ2v) is 3.71. The van der Waals surface area contributed by atoms with Crippen LogP contribution in [0.5, 0.6) is 0 Å². The Bertz CT molecular complexity index is 187. The Hall–Kier alpha value is -0.790. The van der Waals surface area contributed by atoms with Gasteiger partial charge in [0.05, 0.1) is 12.5 Å². The van der Waals surface area contributed by atoms with Crippen molar-refractivity contribution in [1.82, 2.24) is 0 Å². The number of rotatable bonds is 5. The molecule has 0 rings (SSSR count). The van der Waals surface area contributed by atoms with Crippen LogP contribution in [0.2, 0.25) is 0 Å². The van der Waals surface area contributed by atoms with Crippen molar-refractivity contribution in [1.29, 1.82) is 0 Å². The topological polar surface area (TPSA) is 26.3 Å². The van der Waals surface area contributed by atoms with E-state index >= 15 is 0 Å². The molecule has 0 aliphatic carbocycles. The van der Waals surface area contributed by atoms with Crippen molar-refractivity contribution >= 4 is 5.97 Å². The first-order chi connectivity index (χ1) is 6.02. The Morgan fingerprint density at radius 2 is 2.23 bits per heavy atom. The summed E-state index contributed by atoms with van der Waals surface area (Å²) in [6.45, 7) is 9.76. The fraction of sp³-hybridized carbons (Fsp3) is 0.727. The van der Waals surface area contributed by atoms with Crippen molar-refractivity contribution in [3.05, 3.63) is 12.7 Å². The van der Waals surface area contributed by atoms with Crippen molar-refractivity contribution in [2.24, 2.45) is 11.3 Å². The molecule has 2 heteroatoms. The molecule has 0 saturated carbocycles. The lowest BCUT2D eigenvalue weighted by atomic mass is 9.74.